The molecule has 0 aromatic heterocycles. The number of rotatable bonds is 7. The number of nitrogens with zero attached hydrogens (tertiary/aromatic N) is 2. The van der Waals surface area contributed by atoms with Crippen molar-refractivity contribution in [3.8, 4) is 0 Å². The van der Waals surface area contributed by atoms with E-state index >= 15 is 0 Å². The van der Waals surface area contributed by atoms with Gasteiger partial charge >= 0.3 is 18.0 Å². The summed E-state index contributed by atoms with van der Waals surface area (Å²) in [6, 6.07) is -0.692. The molecule has 0 spiro atoms. The Labute approximate surface area is 116 Å². The van der Waals surface area contributed by atoms with Crippen LogP contribution in [0.15, 0.2) is 0 Å². The second-order valence-electron chi connectivity index (χ2n) is 4.33. The molecule has 0 radical (unpaired) electrons. The van der Waals surface area contributed by atoms with Crippen LogP contribution in [0.3, 0.4) is 0 Å². The molecule has 3 N–H and O–H groups in total. The number of carbonyl (C=O) groups excluding carboxylic acids is 1. The average molecular weight is 289 g/mol. The second kappa shape index (κ2) is 8.33. The van der Waals surface area contributed by atoms with Crippen LogP contribution in [0.25, 0.3) is 0 Å². The van der Waals surface area contributed by atoms with E-state index in [1.807, 2.05) is 0 Å². The van der Waals surface area contributed by atoms with E-state index in [9.17, 15) is 14.4 Å². The lowest BCUT2D eigenvalue weighted by atomic mass is 10.4. The molecule has 0 unspecified atom stereocenters. The van der Waals surface area contributed by atoms with Crippen molar-refractivity contribution < 1.29 is 29.3 Å². The van der Waals surface area contributed by atoms with E-state index in [0.717, 1.165) is 18.0 Å². The minimum Gasteiger partial charge on any atom is -0.480 e. The molecule has 0 aromatic rings. The van der Waals surface area contributed by atoms with Crippen molar-refractivity contribution in [1.29, 1.82) is 0 Å². The molecule has 1 aliphatic rings. The molecular weight excluding hydrogens is 270 g/mol. The third-order valence-electron chi connectivity index (χ3n) is 2.75. The van der Waals surface area contributed by atoms with Gasteiger partial charge in [-0.2, -0.15) is 0 Å². The number of carboxylic acid groups (broad SMARTS) is 2. The van der Waals surface area contributed by atoms with Crippen molar-refractivity contribution in [2.24, 2.45) is 0 Å². The first-order valence-electron chi connectivity index (χ1n) is 6.25. The molecule has 9 nitrogen and oxygen atoms in total. The Morgan fingerprint density at radius 3 is 2.15 bits per heavy atom. The fraction of sp³-hybridized carbons (Fsp3) is 0.727. The molecule has 1 aliphatic heterocycles. The minimum atomic E-state index is -1.26. The number of hydrogen-bond acceptors (Lipinski definition) is 5. The van der Waals surface area contributed by atoms with Gasteiger partial charge in [-0.1, -0.05) is 0 Å². The lowest BCUT2D eigenvalue weighted by molar-refractivity contribution is -0.140. The second-order valence-corrected chi connectivity index (χ2v) is 4.33. The van der Waals surface area contributed by atoms with Crippen molar-refractivity contribution >= 4 is 18.0 Å². The topological polar surface area (TPSA) is 119 Å². The monoisotopic (exact) mass is 289 g/mol. The Morgan fingerprint density at radius 2 is 1.65 bits per heavy atom. The first-order chi connectivity index (χ1) is 9.49. The van der Waals surface area contributed by atoms with E-state index in [2.05, 4.69) is 10.2 Å². The Bertz CT molecular complexity index is 340. The number of carboxylic acids is 2. The van der Waals surface area contributed by atoms with Crippen LogP contribution in [0.2, 0.25) is 0 Å². The Morgan fingerprint density at radius 1 is 1.10 bits per heavy atom. The van der Waals surface area contributed by atoms with Gasteiger partial charge in [-0.15, -0.1) is 0 Å². The molecule has 1 saturated heterocycles. The first kappa shape index (κ1) is 16.2. The average Bonchev–Trinajstić information content (AvgIpc) is 2.38. The predicted octanol–water partition coefficient (Wildman–Crippen LogP) is -1.50. The predicted molar refractivity (Wildman–Crippen MR) is 67.5 cm³/mol. The van der Waals surface area contributed by atoms with Crippen LogP contribution in [-0.4, -0.2) is 90.5 Å². The Balaban J connectivity index is 2.32. The summed E-state index contributed by atoms with van der Waals surface area (Å²) < 4.78 is 5.19. The van der Waals surface area contributed by atoms with Crippen LogP contribution < -0.4 is 5.32 Å². The summed E-state index contributed by atoms with van der Waals surface area (Å²) in [5, 5.41) is 19.8. The molecular formula is C11H19N3O6. The number of morpholine rings is 1. The first-order valence-corrected chi connectivity index (χ1v) is 6.25. The van der Waals surface area contributed by atoms with Crippen LogP contribution in [-0.2, 0) is 14.3 Å². The highest BCUT2D eigenvalue weighted by Crippen LogP contribution is 1.95. The lowest BCUT2D eigenvalue weighted by Gasteiger charge is -2.27. The smallest absolute Gasteiger partial charge is 0.323 e. The number of urea groups is 1. The fourth-order valence-corrected chi connectivity index (χ4v) is 1.78. The normalized spacial score (nSPS) is 15.6. The van der Waals surface area contributed by atoms with Crippen molar-refractivity contribution in [3.63, 3.8) is 0 Å². The molecule has 9 heteroatoms. The van der Waals surface area contributed by atoms with Gasteiger partial charge in [0, 0.05) is 26.2 Å². The van der Waals surface area contributed by atoms with Gasteiger partial charge < -0.3 is 25.2 Å². The maximum Gasteiger partial charge on any atom is 0.323 e. The van der Waals surface area contributed by atoms with Crippen LogP contribution in [0.5, 0.6) is 0 Å². The molecule has 20 heavy (non-hydrogen) atoms. The van der Waals surface area contributed by atoms with Gasteiger partial charge in [0.05, 0.1) is 13.2 Å². The number of aliphatic carboxylic acids is 2. The summed E-state index contributed by atoms with van der Waals surface area (Å²) in [5.74, 6) is -2.51. The zero-order valence-electron chi connectivity index (χ0n) is 11.1. The Kier molecular flexibility index (Phi) is 6.74. The van der Waals surface area contributed by atoms with Crippen LogP contribution >= 0.6 is 0 Å². The third kappa shape index (κ3) is 6.34. The summed E-state index contributed by atoms with van der Waals surface area (Å²) in [4.78, 5) is 35.7. The van der Waals surface area contributed by atoms with Gasteiger partial charge in [-0.3, -0.25) is 14.5 Å². The Hall–Kier alpha value is -1.87. The van der Waals surface area contributed by atoms with Crippen molar-refractivity contribution in [2.45, 2.75) is 0 Å². The van der Waals surface area contributed by atoms with E-state index in [0.29, 0.717) is 26.3 Å². The number of ether oxygens (including phenoxy) is 1. The molecule has 0 aliphatic carbocycles. The third-order valence-corrected chi connectivity index (χ3v) is 2.75. The van der Waals surface area contributed by atoms with E-state index in [-0.39, 0.29) is 0 Å². The van der Waals surface area contributed by atoms with E-state index < -0.39 is 31.1 Å². The number of carbonyl (C=O) groups is 3. The van der Waals surface area contributed by atoms with Gasteiger partial charge in [-0.05, 0) is 0 Å². The molecule has 1 fully saturated rings. The molecule has 0 aromatic carbocycles. The largest absolute Gasteiger partial charge is 0.480 e. The minimum absolute atomic E-state index is 0.328. The standard InChI is InChI=1S/C11H19N3O6/c15-9(16)7-14(8-10(17)18)11(19)12-1-2-13-3-5-20-6-4-13/h1-8H2,(H,12,19)(H,15,16)(H,17,18). The molecule has 114 valence electrons. The maximum atomic E-state index is 11.7. The van der Waals surface area contributed by atoms with Crippen LogP contribution in [0.4, 0.5) is 4.79 Å². The number of hydrogen-bond donors (Lipinski definition) is 3. The SMILES string of the molecule is O=C(O)CN(CC(=O)O)C(=O)NCCN1CCOCC1. The van der Waals surface area contributed by atoms with Crippen molar-refractivity contribution in [3.05, 3.63) is 0 Å². The molecule has 2 amide bonds. The van der Waals surface area contributed by atoms with Crippen molar-refractivity contribution in [1.82, 2.24) is 15.1 Å². The molecule has 1 rings (SSSR count). The van der Waals surface area contributed by atoms with E-state index in [4.69, 9.17) is 14.9 Å². The van der Waals surface area contributed by atoms with Gasteiger partial charge in [0.15, 0.2) is 0 Å². The maximum absolute atomic E-state index is 11.7. The highest BCUT2D eigenvalue weighted by atomic mass is 16.5. The van der Waals surface area contributed by atoms with Gasteiger partial charge in [0.2, 0.25) is 0 Å². The summed E-state index contributed by atoms with van der Waals surface area (Å²) in [6.07, 6.45) is 0. The highest BCUT2D eigenvalue weighted by Gasteiger charge is 2.19. The van der Waals surface area contributed by atoms with Gasteiger partial charge in [0.1, 0.15) is 13.1 Å². The van der Waals surface area contributed by atoms with E-state index in [1.54, 1.807) is 0 Å². The quantitative estimate of drug-likeness (QED) is 0.521. The zero-order chi connectivity index (χ0) is 15.0. The fourth-order valence-electron chi connectivity index (χ4n) is 1.78. The summed E-state index contributed by atoms with van der Waals surface area (Å²) in [7, 11) is 0. The number of nitrogens with one attached hydrogen (secondary N) is 1. The zero-order valence-corrected chi connectivity index (χ0v) is 11.1. The van der Waals surface area contributed by atoms with E-state index in [1.165, 1.54) is 0 Å². The van der Waals surface area contributed by atoms with Crippen LogP contribution in [0, 0.1) is 0 Å². The van der Waals surface area contributed by atoms with Crippen molar-refractivity contribution in [2.75, 3.05) is 52.5 Å². The summed E-state index contributed by atoms with van der Waals surface area (Å²) in [6.45, 7) is 2.52. The number of amides is 2. The molecule has 0 atom stereocenters. The summed E-state index contributed by atoms with van der Waals surface area (Å²) in [5.41, 5.74) is 0. The molecule has 1 heterocycles. The van der Waals surface area contributed by atoms with Crippen LogP contribution in [0.1, 0.15) is 0 Å². The highest BCUT2D eigenvalue weighted by molar-refractivity contribution is 5.84. The lowest BCUT2D eigenvalue weighted by Crippen LogP contribution is -2.48. The molecule has 0 bridgehead atoms. The van der Waals surface area contributed by atoms with Gasteiger partial charge in [0.25, 0.3) is 0 Å². The van der Waals surface area contributed by atoms with Gasteiger partial charge in [-0.25, -0.2) is 4.79 Å². The molecule has 0 saturated carbocycles. The summed E-state index contributed by atoms with van der Waals surface area (Å²) >= 11 is 0.